The molecule has 0 aromatic heterocycles. The van der Waals surface area contributed by atoms with Gasteiger partial charge in [0.15, 0.2) is 0 Å². The van der Waals surface area contributed by atoms with E-state index in [0.29, 0.717) is 12.5 Å². The first-order valence-corrected chi connectivity index (χ1v) is 4.03. The molecule has 10 heavy (non-hydrogen) atoms. The average Bonchev–Trinajstić information content (AvgIpc) is 1.99. The fraction of sp³-hybridized carbons (Fsp3) is 1.00. The zero-order valence-electron chi connectivity index (χ0n) is 6.97. The Labute approximate surface area is 63.2 Å². The summed E-state index contributed by atoms with van der Waals surface area (Å²) in [6.07, 6.45) is 2.03. The van der Waals surface area contributed by atoms with Gasteiger partial charge in [0.25, 0.3) is 0 Å². The Morgan fingerprint density at radius 3 is 2.50 bits per heavy atom. The van der Waals surface area contributed by atoms with Crippen molar-refractivity contribution in [2.45, 2.75) is 26.7 Å². The highest BCUT2D eigenvalue weighted by Crippen LogP contribution is 2.05. The zero-order chi connectivity index (χ0) is 7.82. The van der Waals surface area contributed by atoms with E-state index in [-0.39, 0.29) is 0 Å². The highest BCUT2D eigenvalue weighted by Gasteiger charge is 2.02. The van der Waals surface area contributed by atoms with Gasteiger partial charge in [-0.2, -0.15) is 0 Å². The summed E-state index contributed by atoms with van der Waals surface area (Å²) in [7, 11) is 0. The van der Waals surface area contributed by atoms with Crippen molar-refractivity contribution < 1.29 is 9.84 Å². The van der Waals surface area contributed by atoms with E-state index in [1.807, 2.05) is 6.92 Å². The van der Waals surface area contributed by atoms with Crippen LogP contribution in [0.3, 0.4) is 0 Å². The van der Waals surface area contributed by atoms with Crippen LogP contribution in [0.4, 0.5) is 0 Å². The molecule has 0 amide bonds. The summed E-state index contributed by atoms with van der Waals surface area (Å²) in [5.74, 6) is 0.437. The molecule has 0 rings (SSSR count). The average molecular weight is 146 g/mol. The SMILES string of the molecule is CCOCCC(CC)CO. The summed E-state index contributed by atoms with van der Waals surface area (Å²) in [6, 6.07) is 0. The lowest BCUT2D eigenvalue weighted by molar-refractivity contribution is 0.114. The van der Waals surface area contributed by atoms with Crippen molar-refractivity contribution in [2.75, 3.05) is 19.8 Å². The van der Waals surface area contributed by atoms with Gasteiger partial charge in [0.1, 0.15) is 0 Å². The van der Waals surface area contributed by atoms with Gasteiger partial charge in [-0.3, -0.25) is 0 Å². The number of hydrogen-bond donors (Lipinski definition) is 1. The molecule has 0 fully saturated rings. The van der Waals surface area contributed by atoms with E-state index in [1.165, 1.54) is 0 Å². The standard InChI is InChI=1S/C8H18O2/c1-3-8(7-9)5-6-10-4-2/h8-9H,3-7H2,1-2H3. The number of hydrogen-bond acceptors (Lipinski definition) is 2. The molecule has 1 unspecified atom stereocenters. The number of ether oxygens (including phenoxy) is 1. The normalized spacial score (nSPS) is 13.5. The minimum absolute atomic E-state index is 0.295. The van der Waals surface area contributed by atoms with Gasteiger partial charge in [-0.15, -0.1) is 0 Å². The first-order valence-electron chi connectivity index (χ1n) is 4.03. The second kappa shape index (κ2) is 7.03. The maximum absolute atomic E-state index is 8.77. The van der Waals surface area contributed by atoms with Crippen LogP contribution in [0.25, 0.3) is 0 Å². The van der Waals surface area contributed by atoms with E-state index in [9.17, 15) is 0 Å². The molecule has 0 aromatic carbocycles. The van der Waals surface area contributed by atoms with Crippen LogP contribution in [-0.4, -0.2) is 24.9 Å². The molecule has 0 saturated carbocycles. The van der Waals surface area contributed by atoms with E-state index in [2.05, 4.69) is 6.92 Å². The summed E-state index contributed by atoms with van der Waals surface area (Å²) in [6.45, 7) is 5.94. The summed E-state index contributed by atoms with van der Waals surface area (Å²) in [4.78, 5) is 0. The van der Waals surface area contributed by atoms with Crippen LogP contribution in [0.5, 0.6) is 0 Å². The zero-order valence-corrected chi connectivity index (χ0v) is 6.97. The Kier molecular flexibility index (Phi) is 6.98. The van der Waals surface area contributed by atoms with Crippen LogP contribution in [0, 0.1) is 5.92 Å². The molecule has 2 heteroatoms. The monoisotopic (exact) mass is 146 g/mol. The van der Waals surface area contributed by atoms with Crippen LogP contribution >= 0.6 is 0 Å². The minimum atomic E-state index is 0.295. The van der Waals surface area contributed by atoms with Gasteiger partial charge < -0.3 is 9.84 Å². The molecular weight excluding hydrogens is 128 g/mol. The highest BCUT2D eigenvalue weighted by atomic mass is 16.5. The lowest BCUT2D eigenvalue weighted by Gasteiger charge is -2.09. The molecule has 0 aliphatic heterocycles. The van der Waals surface area contributed by atoms with E-state index < -0.39 is 0 Å². The third-order valence-electron chi connectivity index (χ3n) is 1.71. The molecule has 0 saturated heterocycles. The van der Waals surface area contributed by atoms with Crippen molar-refractivity contribution in [2.24, 2.45) is 5.92 Å². The molecule has 0 aliphatic rings. The van der Waals surface area contributed by atoms with E-state index >= 15 is 0 Å². The van der Waals surface area contributed by atoms with Gasteiger partial charge in [0.05, 0.1) is 0 Å². The van der Waals surface area contributed by atoms with Crippen molar-refractivity contribution in [3.05, 3.63) is 0 Å². The van der Waals surface area contributed by atoms with Crippen LogP contribution in [-0.2, 0) is 4.74 Å². The topological polar surface area (TPSA) is 29.5 Å². The predicted octanol–water partition coefficient (Wildman–Crippen LogP) is 1.43. The second-order valence-electron chi connectivity index (χ2n) is 2.44. The quantitative estimate of drug-likeness (QED) is 0.574. The predicted molar refractivity (Wildman–Crippen MR) is 42.0 cm³/mol. The van der Waals surface area contributed by atoms with Gasteiger partial charge >= 0.3 is 0 Å². The Hall–Kier alpha value is -0.0800. The molecule has 0 heterocycles. The number of rotatable bonds is 6. The molecule has 0 spiro atoms. The van der Waals surface area contributed by atoms with Gasteiger partial charge in [0, 0.05) is 19.8 Å². The Balaban J connectivity index is 3.09. The van der Waals surface area contributed by atoms with E-state index in [0.717, 1.165) is 26.1 Å². The van der Waals surface area contributed by atoms with Gasteiger partial charge in [0.2, 0.25) is 0 Å². The molecule has 0 radical (unpaired) electrons. The lowest BCUT2D eigenvalue weighted by atomic mass is 10.1. The van der Waals surface area contributed by atoms with Gasteiger partial charge in [-0.1, -0.05) is 13.3 Å². The molecule has 0 aromatic rings. The summed E-state index contributed by atoms with van der Waals surface area (Å²) >= 11 is 0. The van der Waals surface area contributed by atoms with Gasteiger partial charge in [-0.25, -0.2) is 0 Å². The first-order chi connectivity index (χ1) is 4.85. The Morgan fingerprint density at radius 2 is 2.10 bits per heavy atom. The second-order valence-corrected chi connectivity index (χ2v) is 2.44. The molecular formula is C8H18O2. The van der Waals surface area contributed by atoms with Crippen LogP contribution in [0.15, 0.2) is 0 Å². The van der Waals surface area contributed by atoms with Crippen molar-refractivity contribution in [1.82, 2.24) is 0 Å². The van der Waals surface area contributed by atoms with Crippen molar-refractivity contribution in [1.29, 1.82) is 0 Å². The molecule has 1 atom stereocenters. The summed E-state index contributed by atoms with van der Waals surface area (Å²) in [5.41, 5.74) is 0. The fourth-order valence-corrected chi connectivity index (χ4v) is 0.819. The minimum Gasteiger partial charge on any atom is -0.396 e. The first kappa shape index (κ1) is 9.92. The van der Waals surface area contributed by atoms with Crippen molar-refractivity contribution in [3.8, 4) is 0 Å². The summed E-state index contributed by atoms with van der Waals surface area (Å²) < 4.78 is 5.16. The number of aliphatic hydroxyl groups is 1. The third-order valence-corrected chi connectivity index (χ3v) is 1.71. The lowest BCUT2D eigenvalue weighted by Crippen LogP contribution is -2.08. The van der Waals surface area contributed by atoms with Gasteiger partial charge in [-0.05, 0) is 19.3 Å². The van der Waals surface area contributed by atoms with Crippen molar-refractivity contribution >= 4 is 0 Å². The molecule has 2 nitrogen and oxygen atoms in total. The van der Waals surface area contributed by atoms with Crippen molar-refractivity contribution in [3.63, 3.8) is 0 Å². The third kappa shape index (κ3) is 4.77. The van der Waals surface area contributed by atoms with Crippen LogP contribution in [0.1, 0.15) is 26.7 Å². The highest BCUT2D eigenvalue weighted by molar-refractivity contribution is 4.53. The van der Waals surface area contributed by atoms with E-state index in [1.54, 1.807) is 0 Å². The van der Waals surface area contributed by atoms with E-state index in [4.69, 9.17) is 9.84 Å². The number of aliphatic hydroxyl groups excluding tert-OH is 1. The Bertz CT molecular complexity index is 60.3. The van der Waals surface area contributed by atoms with Crippen LogP contribution in [0.2, 0.25) is 0 Å². The maximum Gasteiger partial charge on any atom is 0.0469 e. The Morgan fingerprint density at radius 1 is 1.40 bits per heavy atom. The molecule has 0 bridgehead atoms. The smallest absolute Gasteiger partial charge is 0.0469 e. The fourth-order valence-electron chi connectivity index (χ4n) is 0.819. The van der Waals surface area contributed by atoms with Crippen LogP contribution < -0.4 is 0 Å². The molecule has 1 N–H and O–H groups in total. The molecule has 62 valence electrons. The maximum atomic E-state index is 8.77. The largest absolute Gasteiger partial charge is 0.396 e. The molecule has 0 aliphatic carbocycles. The summed E-state index contributed by atoms with van der Waals surface area (Å²) in [5, 5.41) is 8.77.